The zero-order valence-electron chi connectivity index (χ0n) is 8.92. The Hall–Kier alpha value is -1.15. The van der Waals surface area contributed by atoms with Crippen LogP contribution < -0.4 is 10.6 Å². The van der Waals surface area contributed by atoms with Gasteiger partial charge >= 0.3 is 0 Å². The average Bonchev–Trinajstić information content (AvgIpc) is 2.91. The van der Waals surface area contributed by atoms with Crippen molar-refractivity contribution in [3.8, 4) is 0 Å². The van der Waals surface area contributed by atoms with Gasteiger partial charge in [-0.25, -0.2) is 4.99 Å². The van der Waals surface area contributed by atoms with Gasteiger partial charge in [-0.2, -0.15) is 8.75 Å². The number of halogens is 2. The van der Waals surface area contributed by atoms with Gasteiger partial charge in [-0.05, 0) is 12.1 Å². The molecule has 6 nitrogen and oxygen atoms in total. The number of guanidine groups is 1. The van der Waals surface area contributed by atoms with Crippen LogP contribution in [0.2, 0.25) is 5.02 Å². The second-order valence-corrected chi connectivity index (χ2v) is 4.46. The van der Waals surface area contributed by atoms with Gasteiger partial charge in [0.2, 0.25) is 0 Å². The number of aromatic nitrogens is 2. The Bertz CT molecular complexity index is 602. The molecule has 0 bridgehead atoms. The second kappa shape index (κ2) is 5.23. The van der Waals surface area contributed by atoms with Gasteiger partial charge in [0.25, 0.3) is 0 Å². The molecule has 0 fully saturated rings. The molecule has 2 aromatic rings. The molecule has 1 unspecified atom stereocenters. The van der Waals surface area contributed by atoms with E-state index >= 15 is 0 Å². The van der Waals surface area contributed by atoms with Gasteiger partial charge in [-0.3, -0.25) is 0 Å². The second-order valence-electron chi connectivity index (χ2n) is 3.53. The maximum atomic E-state index is 9.30. The Kier molecular flexibility index (Phi) is 3.86. The first kappa shape index (κ1) is 13.3. The number of aliphatic imine (C=N–C) groups is 1. The van der Waals surface area contributed by atoms with E-state index in [9.17, 15) is 5.11 Å². The Labute approximate surface area is 118 Å². The summed E-state index contributed by atoms with van der Waals surface area (Å²) in [5, 5.41) is 15.6. The number of anilines is 1. The SMILES string of the molecule is Cl.OC1CN=C(Nc2c(Cl)ccc3nsnc23)N1. The average molecular weight is 306 g/mol. The van der Waals surface area contributed by atoms with Gasteiger partial charge in [-0.15, -0.1) is 12.4 Å². The maximum absolute atomic E-state index is 9.30. The third-order valence-corrected chi connectivity index (χ3v) is 3.20. The van der Waals surface area contributed by atoms with Gasteiger partial charge in [0.1, 0.15) is 17.3 Å². The van der Waals surface area contributed by atoms with E-state index in [0.29, 0.717) is 28.7 Å². The Morgan fingerprint density at radius 2 is 2.28 bits per heavy atom. The van der Waals surface area contributed by atoms with Crippen LogP contribution in [0.25, 0.3) is 11.0 Å². The van der Waals surface area contributed by atoms with Crippen molar-refractivity contribution in [2.45, 2.75) is 6.23 Å². The lowest BCUT2D eigenvalue weighted by atomic mass is 10.2. The molecule has 0 spiro atoms. The minimum absolute atomic E-state index is 0. The van der Waals surface area contributed by atoms with Crippen LogP contribution in [0.5, 0.6) is 0 Å². The van der Waals surface area contributed by atoms with E-state index in [1.165, 1.54) is 0 Å². The molecule has 0 amide bonds. The highest BCUT2D eigenvalue weighted by atomic mass is 35.5. The van der Waals surface area contributed by atoms with Crippen LogP contribution >= 0.6 is 35.7 Å². The first-order valence-electron chi connectivity index (χ1n) is 4.91. The fourth-order valence-corrected chi connectivity index (χ4v) is 2.31. The molecule has 3 rings (SSSR count). The molecule has 3 N–H and O–H groups in total. The lowest BCUT2D eigenvalue weighted by Gasteiger charge is -2.09. The van der Waals surface area contributed by atoms with E-state index in [1.54, 1.807) is 6.07 Å². The first-order chi connectivity index (χ1) is 8.24. The molecule has 1 aromatic heterocycles. The van der Waals surface area contributed by atoms with Crippen LogP contribution in [0.1, 0.15) is 0 Å². The summed E-state index contributed by atoms with van der Waals surface area (Å²) < 4.78 is 8.31. The standard InChI is InChI=1S/C9H8ClN5OS.ClH/c10-4-1-2-5-8(15-17-14-5)7(4)13-9-11-3-6(16)12-9;/h1-2,6,16H,3H2,(H2,11,12,13);1H. The zero-order chi connectivity index (χ0) is 11.8. The Morgan fingerprint density at radius 3 is 3.00 bits per heavy atom. The van der Waals surface area contributed by atoms with Crippen LogP contribution in [0, 0.1) is 0 Å². The minimum atomic E-state index is -0.649. The largest absolute Gasteiger partial charge is 0.372 e. The van der Waals surface area contributed by atoms with Crippen LogP contribution in [0.3, 0.4) is 0 Å². The lowest BCUT2D eigenvalue weighted by molar-refractivity contribution is 0.179. The maximum Gasteiger partial charge on any atom is 0.198 e. The van der Waals surface area contributed by atoms with E-state index in [0.717, 1.165) is 17.2 Å². The molecule has 0 saturated heterocycles. The van der Waals surface area contributed by atoms with E-state index in [1.807, 2.05) is 6.07 Å². The van der Waals surface area contributed by atoms with E-state index in [-0.39, 0.29) is 12.4 Å². The van der Waals surface area contributed by atoms with Gasteiger partial charge in [-0.1, -0.05) is 11.6 Å². The molecule has 1 aliphatic heterocycles. The summed E-state index contributed by atoms with van der Waals surface area (Å²) in [5.74, 6) is 0.486. The highest BCUT2D eigenvalue weighted by Gasteiger charge is 2.17. The number of benzene rings is 1. The molecule has 2 heterocycles. The Morgan fingerprint density at radius 1 is 1.44 bits per heavy atom. The fraction of sp³-hybridized carbons (Fsp3) is 0.222. The number of nitrogens with zero attached hydrogens (tertiary/aromatic N) is 3. The van der Waals surface area contributed by atoms with Crippen molar-refractivity contribution in [1.29, 1.82) is 0 Å². The zero-order valence-corrected chi connectivity index (χ0v) is 11.3. The normalized spacial score (nSPS) is 18.1. The highest BCUT2D eigenvalue weighted by molar-refractivity contribution is 7.00. The number of aliphatic hydroxyl groups is 1. The molecule has 96 valence electrons. The summed E-state index contributed by atoms with van der Waals surface area (Å²) in [4.78, 5) is 4.09. The number of nitrogens with one attached hydrogen (secondary N) is 2. The molecule has 1 atom stereocenters. The van der Waals surface area contributed by atoms with Crippen molar-refractivity contribution in [2.75, 3.05) is 11.9 Å². The predicted molar refractivity (Wildman–Crippen MR) is 74.7 cm³/mol. The summed E-state index contributed by atoms with van der Waals surface area (Å²) >= 11 is 7.23. The first-order valence-corrected chi connectivity index (χ1v) is 6.02. The van der Waals surface area contributed by atoms with E-state index in [4.69, 9.17) is 11.6 Å². The summed E-state index contributed by atoms with van der Waals surface area (Å²) in [6, 6.07) is 3.56. The number of fused-ring (bicyclic) bond motifs is 1. The predicted octanol–water partition coefficient (Wildman–Crippen LogP) is 1.46. The summed E-state index contributed by atoms with van der Waals surface area (Å²) in [7, 11) is 0. The molecular formula is C9H9Cl2N5OS. The number of aliphatic hydroxyl groups excluding tert-OH is 1. The third-order valence-electron chi connectivity index (χ3n) is 2.35. The van der Waals surface area contributed by atoms with E-state index < -0.39 is 6.23 Å². The molecular weight excluding hydrogens is 297 g/mol. The quantitative estimate of drug-likeness (QED) is 0.743. The van der Waals surface area contributed by atoms with E-state index in [2.05, 4.69) is 24.4 Å². The number of hydrogen-bond acceptors (Lipinski definition) is 7. The van der Waals surface area contributed by atoms with Crippen LogP contribution in [0.15, 0.2) is 17.1 Å². The van der Waals surface area contributed by atoms with Gasteiger partial charge in [0.05, 0.1) is 29.0 Å². The molecule has 0 aliphatic carbocycles. The number of rotatable bonds is 1. The van der Waals surface area contributed by atoms with Crippen LogP contribution in [-0.4, -0.2) is 32.6 Å². The van der Waals surface area contributed by atoms with Crippen molar-refractivity contribution < 1.29 is 5.11 Å². The molecule has 1 aliphatic rings. The van der Waals surface area contributed by atoms with Crippen molar-refractivity contribution in [1.82, 2.24) is 14.1 Å². The smallest absolute Gasteiger partial charge is 0.198 e. The summed E-state index contributed by atoms with van der Waals surface area (Å²) in [5.41, 5.74) is 2.13. The Balaban J connectivity index is 0.00000120. The molecule has 18 heavy (non-hydrogen) atoms. The van der Waals surface area contributed by atoms with Gasteiger partial charge in [0.15, 0.2) is 5.96 Å². The molecule has 0 radical (unpaired) electrons. The third kappa shape index (κ3) is 2.35. The topological polar surface area (TPSA) is 82.4 Å². The lowest BCUT2D eigenvalue weighted by Crippen LogP contribution is -2.34. The molecule has 0 saturated carbocycles. The van der Waals surface area contributed by atoms with Crippen molar-refractivity contribution >= 4 is 58.4 Å². The highest BCUT2D eigenvalue weighted by Crippen LogP contribution is 2.29. The molecule has 1 aromatic carbocycles. The number of hydrogen-bond donors (Lipinski definition) is 3. The molecule has 9 heteroatoms. The van der Waals surface area contributed by atoms with Crippen LogP contribution in [0.4, 0.5) is 5.69 Å². The fourth-order valence-electron chi connectivity index (χ4n) is 1.57. The van der Waals surface area contributed by atoms with Crippen molar-refractivity contribution in [3.05, 3.63) is 17.2 Å². The van der Waals surface area contributed by atoms with Crippen LogP contribution in [-0.2, 0) is 0 Å². The van der Waals surface area contributed by atoms with Crippen molar-refractivity contribution in [2.24, 2.45) is 4.99 Å². The van der Waals surface area contributed by atoms with Crippen molar-refractivity contribution in [3.63, 3.8) is 0 Å². The summed E-state index contributed by atoms with van der Waals surface area (Å²) in [6.07, 6.45) is -0.649. The van der Waals surface area contributed by atoms with Gasteiger partial charge in [0, 0.05) is 0 Å². The minimum Gasteiger partial charge on any atom is -0.372 e. The van der Waals surface area contributed by atoms with Gasteiger partial charge < -0.3 is 15.7 Å². The monoisotopic (exact) mass is 305 g/mol. The summed E-state index contributed by atoms with van der Waals surface area (Å²) in [6.45, 7) is 0.325.